The molecule has 6 nitrogen and oxygen atoms in total. The van der Waals surface area contributed by atoms with Crippen LogP contribution in [0.3, 0.4) is 0 Å². The Balaban J connectivity index is 2.37. The van der Waals surface area contributed by atoms with Gasteiger partial charge in [0.15, 0.2) is 5.78 Å². The zero-order valence-corrected chi connectivity index (χ0v) is 15.5. The molecule has 1 N–H and O–H groups in total. The Kier molecular flexibility index (Phi) is 6.67. The van der Waals surface area contributed by atoms with Crippen LogP contribution in [0.5, 0.6) is 0 Å². The van der Waals surface area contributed by atoms with Crippen LogP contribution in [0, 0.1) is 5.92 Å². The number of allylic oxidation sites excluding steroid dienone is 2. The minimum atomic E-state index is -1.05. The van der Waals surface area contributed by atoms with E-state index in [9.17, 15) is 19.5 Å². The highest BCUT2D eigenvalue weighted by molar-refractivity contribution is 5.97. The molecule has 2 aliphatic rings. The van der Waals surface area contributed by atoms with Gasteiger partial charge in [0.25, 0.3) is 0 Å². The number of hydrogen-bond donors (Lipinski definition) is 1. The van der Waals surface area contributed by atoms with Crippen molar-refractivity contribution in [2.24, 2.45) is 5.92 Å². The highest BCUT2D eigenvalue weighted by Gasteiger charge is 2.38. The van der Waals surface area contributed by atoms with Gasteiger partial charge in [-0.15, -0.1) is 0 Å². The van der Waals surface area contributed by atoms with Crippen LogP contribution in [0.1, 0.15) is 39.5 Å². The third-order valence-corrected chi connectivity index (χ3v) is 4.88. The van der Waals surface area contributed by atoms with Gasteiger partial charge in [-0.3, -0.25) is 9.59 Å². The Hall–Kier alpha value is -2.05. The van der Waals surface area contributed by atoms with E-state index in [1.807, 2.05) is 6.92 Å². The Labute approximate surface area is 153 Å². The smallest absolute Gasteiger partial charge is 0.336 e. The maximum Gasteiger partial charge on any atom is 0.336 e. The number of fused-ring (bicyclic) bond motifs is 2. The number of carbonyl (C=O) groups is 3. The molecule has 2 rings (SSSR count). The van der Waals surface area contributed by atoms with Crippen LogP contribution in [0.25, 0.3) is 0 Å². The Morgan fingerprint density at radius 2 is 1.96 bits per heavy atom. The van der Waals surface area contributed by atoms with Crippen molar-refractivity contribution in [2.75, 3.05) is 7.11 Å². The number of ether oxygens (including phenoxy) is 2. The number of Topliss-reactive ketones (excluding diaryl/α,β-unsaturated/α-hetero) is 1. The summed E-state index contributed by atoms with van der Waals surface area (Å²) in [5.74, 6) is -1.15. The molecule has 0 spiro atoms. The lowest BCUT2D eigenvalue weighted by molar-refractivity contribution is -0.139. The fourth-order valence-electron chi connectivity index (χ4n) is 3.25. The number of aliphatic hydroxyl groups is 1. The second-order valence-corrected chi connectivity index (χ2v) is 7.10. The molecule has 0 radical (unpaired) electrons. The van der Waals surface area contributed by atoms with Crippen molar-refractivity contribution in [1.29, 1.82) is 0 Å². The quantitative estimate of drug-likeness (QED) is 0.597. The predicted octanol–water partition coefficient (Wildman–Crippen LogP) is 2.06. The van der Waals surface area contributed by atoms with Gasteiger partial charge >= 0.3 is 5.97 Å². The molecule has 1 aliphatic carbocycles. The number of esters is 1. The van der Waals surface area contributed by atoms with E-state index in [0.29, 0.717) is 12.0 Å². The van der Waals surface area contributed by atoms with Crippen molar-refractivity contribution in [3.63, 3.8) is 0 Å². The molecule has 1 fully saturated rings. The van der Waals surface area contributed by atoms with Crippen molar-refractivity contribution >= 4 is 17.5 Å². The van der Waals surface area contributed by atoms with Crippen LogP contribution in [-0.2, 0) is 23.9 Å². The van der Waals surface area contributed by atoms with E-state index in [1.165, 1.54) is 13.2 Å². The number of rotatable bonds is 2. The first-order valence-electron chi connectivity index (χ1n) is 8.73. The van der Waals surface area contributed by atoms with Gasteiger partial charge in [0, 0.05) is 26.4 Å². The van der Waals surface area contributed by atoms with Crippen molar-refractivity contribution in [1.82, 2.24) is 0 Å². The molecule has 0 aromatic heterocycles. The molecule has 1 aliphatic heterocycles. The van der Waals surface area contributed by atoms with Crippen molar-refractivity contribution in [2.45, 2.75) is 57.8 Å². The Morgan fingerprint density at radius 1 is 1.27 bits per heavy atom. The highest BCUT2D eigenvalue weighted by atomic mass is 16.6. The number of carbonyl (C=O) groups excluding carboxylic acids is 3. The van der Waals surface area contributed by atoms with Gasteiger partial charge in [-0.2, -0.15) is 0 Å². The van der Waals surface area contributed by atoms with E-state index in [4.69, 9.17) is 9.47 Å². The number of methoxy groups -OCH3 is 1. The highest BCUT2D eigenvalue weighted by Crippen LogP contribution is 2.29. The van der Waals surface area contributed by atoms with E-state index in [-0.39, 0.29) is 42.3 Å². The summed E-state index contributed by atoms with van der Waals surface area (Å²) in [4.78, 5) is 36.8. The average Bonchev–Trinajstić information content (AvgIpc) is 2.81. The summed E-state index contributed by atoms with van der Waals surface area (Å²) in [5.41, 5.74) is 1.66. The summed E-state index contributed by atoms with van der Waals surface area (Å²) in [6.45, 7) is 7.45. The Morgan fingerprint density at radius 3 is 2.58 bits per heavy atom. The SMILES string of the molecule is C=C(C)[C@H]1C/C=C2\C(=O)O[C@H](C/C(C)=C/C(=O)C(OC)CC(=O)C1)[C@H]2O. The predicted molar refractivity (Wildman–Crippen MR) is 95.3 cm³/mol. The van der Waals surface area contributed by atoms with Gasteiger partial charge in [-0.05, 0) is 32.3 Å². The normalized spacial score (nSPS) is 35.0. The van der Waals surface area contributed by atoms with Crippen molar-refractivity contribution < 1.29 is 29.0 Å². The molecular formula is C20H26O6. The first-order chi connectivity index (χ1) is 12.2. The fraction of sp³-hybridized carbons (Fsp3) is 0.550. The minimum absolute atomic E-state index is 0.000941. The van der Waals surface area contributed by atoms with E-state index in [1.54, 1.807) is 13.0 Å². The molecule has 2 bridgehead atoms. The van der Waals surface area contributed by atoms with Crippen molar-refractivity contribution in [3.05, 3.63) is 35.5 Å². The van der Waals surface area contributed by atoms with Crippen LogP contribution in [-0.4, -0.2) is 48.1 Å². The van der Waals surface area contributed by atoms with Gasteiger partial charge in [0.05, 0.1) is 5.57 Å². The molecule has 0 saturated carbocycles. The lowest BCUT2D eigenvalue weighted by Gasteiger charge is -2.18. The third-order valence-electron chi connectivity index (χ3n) is 4.88. The molecule has 4 atom stereocenters. The van der Waals surface area contributed by atoms with Crippen LogP contribution >= 0.6 is 0 Å². The summed E-state index contributed by atoms with van der Waals surface area (Å²) < 4.78 is 10.5. The largest absolute Gasteiger partial charge is 0.455 e. The number of hydrogen-bond acceptors (Lipinski definition) is 6. The molecule has 1 unspecified atom stereocenters. The van der Waals surface area contributed by atoms with Gasteiger partial charge in [0.1, 0.15) is 24.1 Å². The maximum atomic E-state index is 12.4. The summed E-state index contributed by atoms with van der Waals surface area (Å²) in [6.07, 6.45) is 1.27. The second kappa shape index (κ2) is 8.56. The molecule has 26 heavy (non-hydrogen) atoms. The lowest BCUT2D eigenvalue weighted by Crippen LogP contribution is -2.27. The standard InChI is InChI=1S/C20H26O6/c1-11(2)13-5-6-15-19(23)18(26-20(15)24)8-12(3)7-16(22)17(25-4)10-14(21)9-13/h6-7,13,17-19,23H,1,5,8-10H2,2-4H3/b12-7+,15-6-/t13-,17?,18+,19-/m0/s1. The first kappa shape index (κ1) is 20.3. The van der Waals surface area contributed by atoms with Gasteiger partial charge in [-0.1, -0.05) is 23.8 Å². The van der Waals surface area contributed by atoms with Crippen LogP contribution in [0.4, 0.5) is 0 Å². The summed E-state index contributed by atoms with van der Waals surface area (Å²) in [5, 5.41) is 10.4. The first-order valence-corrected chi connectivity index (χ1v) is 8.73. The van der Waals surface area contributed by atoms with Gasteiger partial charge < -0.3 is 14.6 Å². The van der Waals surface area contributed by atoms with Crippen LogP contribution in [0.2, 0.25) is 0 Å². The van der Waals surface area contributed by atoms with Crippen molar-refractivity contribution in [3.8, 4) is 0 Å². The average molecular weight is 362 g/mol. The monoisotopic (exact) mass is 362 g/mol. The number of ketones is 2. The molecule has 0 amide bonds. The molecule has 0 aromatic carbocycles. The van der Waals surface area contributed by atoms with E-state index in [0.717, 1.165) is 5.57 Å². The molecular weight excluding hydrogens is 336 g/mol. The zero-order chi connectivity index (χ0) is 19.4. The number of aliphatic hydroxyl groups excluding tert-OH is 1. The fourth-order valence-corrected chi connectivity index (χ4v) is 3.25. The topological polar surface area (TPSA) is 89.9 Å². The molecule has 6 heteroatoms. The van der Waals surface area contributed by atoms with Crippen LogP contribution in [0.15, 0.2) is 35.5 Å². The van der Waals surface area contributed by atoms with Gasteiger partial charge in [0.2, 0.25) is 0 Å². The van der Waals surface area contributed by atoms with E-state index < -0.39 is 24.3 Å². The second-order valence-electron chi connectivity index (χ2n) is 7.10. The van der Waals surface area contributed by atoms with E-state index >= 15 is 0 Å². The lowest BCUT2D eigenvalue weighted by atomic mass is 9.88. The minimum Gasteiger partial charge on any atom is -0.455 e. The molecule has 1 heterocycles. The van der Waals surface area contributed by atoms with Gasteiger partial charge in [-0.25, -0.2) is 4.79 Å². The maximum absolute atomic E-state index is 12.4. The zero-order valence-electron chi connectivity index (χ0n) is 15.5. The molecule has 0 aromatic rings. The third kappa shape index (κ3) is 4.77. The molecule has 142 valence electrons. The summed E-state index contributed by atoms with van der Waals surface area (Å²) >= 11 is 0. The summed E-state index contributed by atoms with van der Waals surface area (Å²) in [6, 6.07) is 0. The molecule has 1 saturated heterocycles. The summed E-state index contributed by atoms with van der Waals surface area (Å²) in [7, 11) is 1.40. The van der Waals surface area contributed by atoms with E-state index in [2.05, 4.69) is 6.58 Å². The van der Waals surface area contributed by atoms with Crippen LogP contribution < -0.4 is 0 Å². The Bertz CT molecular complexity index is 672.